The van der Waals surface area contributed by atoms with Crippen LogP contribution >= 0.6 is 0 Å². The van der Waals surface area contributed by atoms with Gasteiger partial charge >= 0.3 is 0 Å². The van der Waals surface area contributed by atoms with Crippen LogP contribution in [0.25, 0.3) is 0 Å². The summed E-state index contributed by atoms with van der Waals surface area (Å²) in [4.78, 5) is 1.98. The summed E-state index contributed by atoms with van der Waals surface area (Å²) in [6, 6.07) is 0. The average molecular weight is 368 g/mol. The molecule has 0 aliphatic heterocycles. The van der Waals surface area contributed by atoms with Gasteiger partial charge in [0.25, 0.3) is 0 Å². The first-order chi connectivity index (χ1) is 12.7. The van der Waals surface area contributed by atoms with Crippen molar-refractivity contribution in [2.45, 2.75) is 90.1 Å². The molecule has 0 bridgehead atoms. The molecule has 26 heavy (non-hydrogen) atoms. The third-order valence-corrected chi connectivity index (χ3v) is 4.38. The number of unbranched alkanes of at least 4 members (excludes halogenated alkanes) is 9. The van der Waals surface area contributed by atoms with E-state index in [4.69, 9.17) is 4.74 Å². The highest BCUT2D eigenvalue weighted by atomic mass is 16.5. The van der Waals surface area contributed by atoms with Crippen LogP contribution in [0.1, 0.15) is 84.0 Å². The molecule has 0 spiro atoms. The highest BCUT2D eigenvalue weighted by Crippen LogP contribution is 2.08. The van der Waals surface area contributed by atoms with Gasteiger partial charge in [0.05, 0.1) is 12.7 Å². The first kappa shape index (κ1) is 25.4. The Labute approximate surface area is 163 Å². The molecule has 0 saturated heterocycles. The summed E-state index contributed by atoms with van der Waals surface area (Å²) in [7, 11) is 3.93. The fourth-order valence-electron chi connectivity index (χ4n) is 2.89. The molecular formula is C23H45NO2. The van der Waals surface area contributed by atoms with E-state index in [0.29, 0.717) is 13.2 Å². The van der Waals surface area contributed by atoms with Crippen molar-refractivity contribution in [2.75, 3.05) is 33.9 Å². The first-order valence-corrected chi connectivity index (χ1v) is 10.9. The zero-order chi connectivity index (χ0) is 19.3. The Bertz CT molecular complexity index is 326. The fourth-order valence-corrected chi connectivity index (χ4v) is 2.89. The number of aliphatic hydroxyl groups excluding tert-OH is 1. The minimum atomic E-state index is -0.366. The van der Waals surface area contributed by atoms with Crippen molar-refractivity contribution in [3.8, 4) is 0 Å². The third-order valence-electron chi connectivity index (χ3n) is 4.38. The van der Waals surface area contributed by atoms with Crippen molar-refractivity contribution < 1.29 is 9.84 Å². The molecule has 0 saturated carbocycles. The summed E-state index contributed by atoms with van der Waals surface area (Å²) in [5.74, 6) is 0. The maximum Gasteiger partial charge on any atom is 0.0899 e. The van der Waals surface area contributed by atoms with Crippen molar-refractivity contribution in [3.05, 3.63) is 24.3 Å². The summed E-state index contributed by atoms with van der Waals surface area (Å²) < 4.78 is 5.52. The smallest absolute Gasteiger partial charge is 0.0899 e. The van der Waals surface area contributed by atoms with Gasteiger partial charge in [-0.15, -0.1) is 0 Å². The molecule has 3 nitrogen and oxygen atoms in total. The third kappa shape index (κ3) is 21.4. The molecule has 0 radical (unpaired) electrons. The maximum atomic E-state index is 9.68. The van der Waals surface area contributed by atoms with Gasteiger partial charge in [0, 0.05) is 13.2 Å². The number of hydrogen-bond acceptors (Lipinski definition) is 3. The number of aliphatic hydroxyl groups is 1. The van der Waals surface area contributed by atoms with Crippen LogP contribution in [0.4, 0.5) is 0 Å². The molecule has 0 amide bonds. The Hall–Kier alpha value is -0.640. The molecule has 1 atom stereocenters. The van der Waals surface area contributed by atoms with E-state index < -0.39 is 0 Å². The molecule has 0 aromatic carbocycles. The predicted octanol–water partition coefficient (Wildman–Crippen LogP) is 5.74. The molecule has 0 heterocycles. The van der Waals surface area contributed by atoms with E-state index in [1.54, 1.807) is 0 Å². The van der Waals surface area contributed by atoms with Gasteiger partial charge in [0.15, 0.2) is 0 Å². The molecule has 0 aromatic rings. The summed E-state index contributed by atoms with van der Waals surface area (Å²) in [5.41, 5.74) is 0. The van der Waals surface area contributed by atoms with Crippen molar-refractivity contribution in [1.82, 2.24) is 4.90 Å². The van der Waals surface area contributed by atoms with Crippen LogP contribution in [0.5, 0.6) is 0 Å². The summed E-state index contributed by atoms with van der Waals surface area (Å²) in [5, 5.41) is 9.68. The second kappa shape index (κ2) is 20.7. The van der Waals surface area contributed by atoms with Crippen molar-refractivity contribution >= 4 is 0 Å². The zero-order valence-electron chi connectivity index (χ0n) is 17.8. The Morgan fingerprint density at radius 3 is 2.00 bits per heavy atom. The van der Waals surface area contributed by atoms with Crippen molar-refractivity contribution in [1.29, 1.82) is 0 Å². The first-order valence-electron chi connectivity index (χ1n) is 10.9. The monoisotopic (exact) mass is 367 g/mol. The van der Waals surface area contributed by atoms with Gasteiger partial charge in [-0.3, -0.25) is 0 Å². The van der Waals surface area contributed by atoms with E-state index in [1.807, 2.05) is 19.0 Å². The summed E-state index contributed by atoms with van der Waals surface area (Å²) in [6.07, 6.45) is 24.1. The predicted molar refractivity (Wildman–Crippen MR) is 115 cm³/mol. The Morgan fingerprint density at radius 1 is 0.808 bits per heavy atom. The topological polar surface area (TPSA) is 32.7 Å². The SMILES string of the molecule is CCCCC/C=C\C/C=C\CCCCCCCCOCC(O)CN(C)C. The maximum absolute atomic E-state index is 9.68. The van der Waals surface area contributed by atoms with Gasteiger partial charge in [-0.1, -0.05) is 69.8 Å². The van der Waals surface area contributed by atoms with E-state index in [2.05, 4.69) is 31.2 Å². The van der Waals surface area contributed by atoms with Crippen LogP contribution in [-0.4, -0.2) is 50.0 Å². The molecule has 0 aliphatic rings. The van der Waals surface area contributed by atoms with Crippen LogP contribution < -0.4 is 0 Å². The molecule has 1 unspecified atom stereocenters. The minimum Gasteiger partial charge on any atom is -0.389 e. The lowest BCUT2D eigenvalue weighted by Crippen LogP contribution is -2.29. The minimum absolute atomic E-state index is 0.366. The molecular weight excluding hydrogens is 322 g/mol. The van der Waals surface area contributed by atoms with Gasteiger partial charge in [-0.05, 0) is 52.6 Å². The second-order valence-corrected chi connectivity index (χ2v) is 7.58. The number of rotatable bonds is 19. The van der Waals surface area contributed by atoms with Gasteiger partial charge < -0.3 is 14.7 Å². The molecule has 154 valence electrons. The lowest BCUT2D eigenvalue weighted by molar-refractivity contribution is 0.0229. The van der Waals surface area contributed by atoms with Crippen LogP contribution in [0.3, 0.4) is 0 Å². The lowest BCUT2D eigenvalue weighted by atomic mass is 10.1. The van der Waals surface area contributed by atoms with Crippen molar-refractivity contribution in [2.24, 2.45) is 0 Å². The Morgan fingerprint density at radius 2 is 1.38 bits per heavy atom. The van der Waals surface area contributed by atoms with Crippen LogP contribution in [0, 0.1) is 0 Å². The quantitative estimate of drug-likeness (QED) is 0.233. The van der Waals surface area contributed by atoms with E-state index in [0.717, 1.165) is 19.4 Å². The van der Waals surface area contributed by atoms with Crippen LogP contribution in [-0.2, 0) is 4.74 Å². The van der Waals surface area contributed by atoms with Gasteiger partial charge in [0.1, 0.15) is 0 Å². The lowest BCUT2D eigenvalue weighted by Gasteiger charge is -2.15. The number of ether oxygens (including phenoxy) is 1. The van der Waals surface area contributed by atoms with Gasteiger partial charge in [0.2, 0.25) is 0 Å². The molecule has 3 heteroatoms. The van der Waals surface area contributed by atoms with Crippen molar-refractivity contribution in [3.63, 3.8) is 0 Å². The summed E-state index contributed by atoms with van der Waals surface area (Å²) >= 11 is 0. The summed E-state index contributed by atoms with van der Waals surface area (Å²) in [6.45, 7) is 4.16. The standard InChI is InChI=1S/C23H45NO2/c1-4-5-6-7-8-9-10-11-12-13-14-15-16-17-18-19-20-26-22-23(25)21-24(2)3/h8-9,11-12,23,25H,4-7,10,13-22H2,1-3H3/b9-8-,12-11-. The largest absolute Gasteiger partial charge is 0.389 e. The van der Waals surface area contributed by atoms with E-state index in [9.17, 15) is 5.11 Å². The molecule has 0 fully saturated rings. The fraction of sp³-hybridized carbons (Fsp3) is 0.826. The Kier molecular flexibility index (Phi) is 20.2. The van der Waals surface area contributed by atoms with Crippen LogP contribution in [0.15, 0.2) is 24.3 Å². The molecule has 0 rings (SSSR count). The molecule has 0 aliphatic carbocycles. The molecule has 1 N–H and O–H groups in total. The Balaban J connectivity index is 3.20. The van der Waals surface area contributed by atoms with Crippen LogP contribution in [0.2, 0.25) is 0 Å². The highest BCUT2D eigenvalue weighted by molar-refractivity contribution is 4.92. The number of allylic oxidation sites excluding steroid dienone is 4. The van der Waals surface area contributed by atoms with E-state index in [1.165, 1.54) is 64.2 Å². The highest BCUT2D eigenvalue weighted by Gasteiger charge is 2.04. The molecule has 0 aromatic heterocycles. The number of nitrogens with zero attached hydrogens (tertiary/aromatic N) is 1. The second-order valence-electron chi connectivity index (χ2n) is 7.58. The average Bonchev–Trinajstić information content (AvgIpc) is 2.60. The normalized spacial score (nSPS) is 13.4. The zero-order valence-corrected chi connectivity index (χ0v) is 17.8. The van der Waals surface area contributed by atoms with Gasteiger partial charge in [-0.2, -0.15) is 0 Å². The van der Waals surface area contributed by atoms with Gasteiger partial charge in [-0.25, -0.2) is 0 Å². The van der Waals surface area contributed by atoms with E-state index >= 15 is 0 Å². The number of likely N-dealkylation sites (N-methyl/N-ethyl adjacent to an activating group) is 1. The van der Waals surface area contributed by atoms with E-state index in [-0.39, 0.29) is 6.10 Å². The number of hydrogen-bond donors (Lipinski definition) is 1.